The number of nitrogens with one attached hydrogen (secondary N) is 2. The molecule has 2 heterocycles. The summed E-state index contributed by atoms with van der Waals surface area (Å²) in [7, 11) is 1.85. The Kier molecular flexibility index (Phi) is 8.63. The van der Waals surface area contributed by atoms with Gasteiger partial charge in [0.15, 0.2) is 0 Å². The summed E-state index contributed by atoms with van der Waals surface area (Å²) < 4.78 is 33.4. The van der Waals surface area contributed by atoms with Crippen molar-refractivity contribution >= 4 is 17.6 Å². The third-order valence-electron chi connectivity index (χ3n) is 4.42. The Bertz CT molecular complexity index is 1060. The number of rotatable bonds is 6. The van der Waals surface area contributed by atoms with Gasteiger partial charge in [-0.2, -0.15) is 13.2 Å². The Morgan fingerprint density at radius 2 is 1.61 bits per heavy atom. The van der Waals surface area contributed by atoms with E-state index >= 15 is 0 Å². The molecule has 2 atom stereocenters. The van der Waals surface area contributed by atoms with E-state index in [4.69, 9.17) is 9.90 Å². The number of aliphatic carboxylic acids is 1. The highest BCUT2D eigenvalue weighted by molar-refractivity contribution is 6.04. The first-order valence-corrected chi connectivity index (χ1v) is 9.71. The molecule has 2 unspecified atom stereocenters. The van der Waals surface area contributed by atoms with Crippen molar-refractivity contribution < 1.29 is 27.9 Å². The van der Waals surface area contributed by atoms with Crippen LogP contribution in [0, 0.1) is 0 Å². The molecule has 0 aliphatic heterocycles. The van der Waals surface area contributed by atoms with Gasteiger partial charge in [-0.3, -0.25) is 14.5 Å². The highest BCUT2D eigenvalue weighted by Crippen LogP contribution is 2.20. The third-order valence-corrected chi connectivity index (χ3v) is 4.42. The number of aryl methyl sites for hydroxylation is 1. The number of halogens is 3. The van der Waals surface area contributed by atoms with Crippen molar-refractivity contribution in [2.75, 3.05) is 5.32 Å². The van der Waals surface area contributed by atoms with E-state index in [9.17, 15) is 18.0 Å². The van der Waals surface area contributed by atoms with Gasteiger partial charge in [0.1, 0.15) is 0 Å². The van der Waals surface area contributed by atoms with Gasteiger partial charge in [0.2, 0.25) is 0 Å². The standard InChI is InChI=1S/C19H22N6O.C2HF3O2/c1-13(21-14(2)18-12-25(3)24-23-18)15-4-6-17(7-5-15)22-19(26)16-8-10-20-11-9-16;3-2(4,5)1(6)7/h4-14,21H,1-3H3,(H,22,26);(H,6,7). The lowest BCUT2D eigenvalue weighted by molar-refractivity contribution is -0.192. The lowest BCUT2D eigenvalue weighted by Crippen LogP contribution is -2.22. The Labute approximate surface area is 187 Å². The second-order valence-electron chi connectivity index (χ2n) is 7.04. The van der Waals surface area contributed by atoms with Gasteiger partial charge in [0.25, 0.3) is 5.91 Å². The molecule has 0 fully saturated rings. The van der Waals surface area contributed by atoms with Crippen LogP contribution in [0.4, 0.5) is 18.9 Å². The van der Waals surface area contributed by atoms with Crippen molar-refractivity contribution in [3.8, 4) is 0 Å². The highest BCUT2D eigenvalue weighted by Gasteiger charge is 2.38. The first-order valence-electron chi connectivity index (χ1n) is 9.71. The van der Waals surface area contributed by atoms with Crippen molar-refractivity contribution in [2.24, 2.45) is 7.05 Å². The quantitative estimate of drug-likeness (QED) is 0.510. The molecule has 3 N–H and O–H groups in total. The minimum Gasteiger partial charge on any atom is -0.475 e. The molecule has 0 saturated carbocycles. The first kappa shape index (κ1) is 25.5. The van der Waals surface area contributed by atoms with E-state index in [1.54, 1.807) is 29.2 Å². The maximum atomic E-state index is 12.2. The number of carboxylic acid groups (broad SMARTS) is 1. The summed E-state index contributed by atoms with van der Waals surface area (Å²) in [6.45, 7) is 4.15. The van der Waals surface area contributed by atoms with E-state index in [2.05, 4.69) is 39.8 Å². The molecule has 0 spiro atoms. The van der Waals surface area contributed by atoms with Crippen LogP contribution < -0.4 is 10.6 Å². The number of benzene rings is 1. The monoisotopic (exact) mass is 464 g/mol. The van der Waals surface area contributed by atoms with E-state index in [1.807, 2.05) is 37.5 Å². The summed E-state index contributed by atoms with van der Waals surface area (Å²) in [6.07, 6.45) is 0.0232. The molecule has 2 aromatic heterocycles. The molecule has 9 nitrogen and oxygen atoms in total. The smallest absolute Gasteiger partial charge is 0.475 e. The normalized spacial score (nSPS) is 12.8. The van der Waals surface area contributed by atoms with Gasteiger partial charge in [0, 0.05) is 42.9 Å². The zero-order valence-corrected chi connectivity index (χ0v) is 18.0. The van der Waals surface area contributed by atoms with Crippen LogP contribution in [0.15, 0.2) is 55.0 Å². The Hall–Kier alpha value is -3.80. The lowest BCUT2D eigenvalue weighted by Gasteiger charge is -2.19. The molecule has 0 saturated heterocycles. The number of hydrogen-bond acceptors (Lipinski definition) is 6. The number of hydrogen-bond donors (Lipinski definition) is 3. The van der Waals surface area contributed by atoms with Crippen molar-refractivity contribution in [2.45, 2.75) is 32.1 Å². The lowest BCUT2D eigenvalue weighted by atomic mass is 10.1. The zero-order valence-electron chi connectivity index (χ0n) is 18.0. The van der Waals surface area contributed by atoms with Crippen LogP contribution in [0.3, 0.4) is 0 Å². The molecule has 1 aromatic carbocycles. The number of alkyl halides is 3. The second kappa shape index (κ2) is 11.2. The largest absolute Gasteiger partial charge is 0.490 e. The molecule has 0 aliphatic rings. The van der Waals surface area contributed by atoms with Gasteiger partial charge in [-0.05, 0) is 43.7 Å². The van der Waals surface area contributed by atoms with Gasteiger partial charge >= 0.3 is 12.1 Å². The van der Waals surface area contributed by atoms with Crippen molar-refractivity contribution in [1.82, 2.24) is 25.3 Å². The number of carboxylic acids is 1. The van der Waals surface area contributed by atoms with Crippen LogP contribution in [-0.4, -0.2) is 43.1 Å². The molecule has 0 radical (unpaired) electrons. The van der Waals surface area contributed by atoms with Crippen LogP contribution >= 0.6 is 0 Å². The summed E-state index contributed by atoms with van der Waals surface area (Å²) in [6, 6.07) is 11.4. The molecule has 176 valence electrons. The van der Waals surface area contributed by atoms with Gasteiger partial charge in [-0.1, -0.05) is 17.3 Å². The summed E-state index contributed by atoms with van der Waals surface area (Å²) >= 11 is 0. The predicted octanol–water partition coefficient (Wildman–Crippen LogP) is 3.51. The molecule has 3 rings (SSSR count). The summed E-state index contributed by atoms with van der Waals surface area (Å²) in [5.41, 5.74) is 3.37. The van der Waals surface area contributed by atoms with Crippen LogP contribution in [0.2, 0.25) is 0 Å². The van der Waals surface area contributed by atoms with Crippen LogP contribution in [0.1, 0.15) is 47.5 Å². The van der Waals surface area contributed by atoms with Crippen molar-refractivity contribution in [3.63, 3.8) is 0 Å². The highest BCUT2D eigenvalue weighted by atomic mass is 19.4. The summed E-state index contributed by atoms with van der Waals surface area (Å²) in [4.78, 5) is 25.0. The number of amides is 1. The van der Waals surface area contributed by atoms with E-state index in [0.29, 0.717) is 5.56 Å². The minimum atomic E-state index is -5.08. The SMILES string of the molecule is CC(NC(C)c1cn(C)nn1)c1ccc(NC(=O)c2ccncc2)cc1.O=C(O)C(F)(F)F. The fourth-order valence-corrected chi connectivity index (χ4v) is 2.68. The number of aromatic nitrogens is 4. The van der Waals surface area contributed by atoms with E-state index in [-0.39, 0.29) is 18.0 Å². The molecular weight excluding hydrogens is 441 g/mol. The second-order valence-corrected chi connectivity index (χ2v) is 7.04. The van der Waals surface area contributed by atoms with Gasteiger partial charge in [-0.25, -0.2) is 4.79 Å². The first-order chi connectivity index (χ1) is 15.5. The number of carbonyl (C=O) groups excluding carboxylic acids is 1. The average molecular weight is 464 g/mol. The van der Waals surface area contributed by atoms with Crippen molar-refractivity contribution in [3.05, 3.63) is 71.8 Å². The Morgan fingerprint density at radius 1 is 1.03 bits per heavy atom. The van der Waals surface area contributed by atoms with Crippen LogP contribution in [-0.2, 0) is 11.8 Å². The fourth-order valence-electron chi connectivity index (χ4n) is 2.68. The van der Waals surface area contributed by atoms with E-state index in [0.717, 1.165) is 16.9 Å². The van der Waals surface area contributed by atoms with Gasteiger partial charge < -0.3 is 15.7 Å². The summed E-state index contributed by atoms with van der Waals surface area (Å²) in [5.74, 6) is -2.91. The maximum absolute atomic E-state index is 12.2. The fraction of sp³-hybridized carbons (Fsp3) is 0.286. The van der Waals surface area contributed by atoms with Crippen LogP contribution in [0.25, 0.3) is 0 Å². The zero-order chi connectivity index (χ0) is 24.6. The molecule has 33 heavy (non-hydrogen) atoms. The van der Waals surface area contributed by atoms with E-state index in [1.165, 1.54) is 0 Å². The molecule has 1 amide bonds. The molecule has 0 bridgehead atoms. The average Bonchev–Trinajstić information content (AvgIpc) is 3.21. The minimum absolute atomic E-state index is 0.0877. The molecule has 0 aliphatic carbocycles. The number of carbonyl (C=O) groups is 2. The predicted molar refractivity (Wildman–Crippen MR) is 113 cm³/mol. The summed E-state index contributed by atoms with van der Waals surface area (Å²) in [5, 5.41) is 21.6. The number of pyridine rings is 1. The van der Waals surface area contributed by atoms with E-state index < -0.39 is 12.1 Å². The van der Waals surface area contributed by atoms with Crippen LogP contribution in [0.5, 0.6) is 0 Å². The number of anilines is 1. The molecular formula is C21H23F3N6O3. The van der Waals surface area contributed by atoms with Gasteiger partial charge in [0.05, 0.1) is 11.7 Å². The Balaban J connectivity index is 0.000000479. The number of nitrogens with zero attached hydrogens (tertiary/aromatic N) is 4. The maximum Gasteiger partial charge on any atom is 0.490 e. The van der Waals surface area contributed by atoms with Gasteiger partial charge in [-0.15, -0.1) is 5.10 Å². The molecule has 12 heteroatoms. The third kappa shape index (κ3) is 8.00. The Morgan fingerprint density at radius 3 is 2.09 bits per heavy atom. The van der Waals surface area contributed by atoms with Crippen molar-refractivity contribution in [1.29, 1.82) is 0 Å². The topological polar surface area (TPSA) is 122 Å². The molecule has 3 aromatic rings.